The summed E-state index contributed by atoms with van der Waals surface area (Å²) < 4.78 is 37.5. The van der Waals surface area contributed by atoms with Gasteiger partial charge in [-0.15, -0.1) is 0 Å². The Bertz CT molecular complexity index is 261. The molecule has 6 heteroatoms. The van der Waals surface area contributed by atoms with E-state index in [-0.39, 0.29) is 25.5 Å². The van der Waals surface area contributed by atoms with Gasteiger partial charge in [-0.05, 0) is 38.8 Å². The second-order valence-corrected chi connectivity index (χ2v) is 5.44. The van der Waals surface area contributed by atoms with Crippen LogP contribution in [0, 0.1) is 5.92 Å². The van der Waals surface area contributed by atoms with E-state index in [2.05, 4.69) is 5.32 Å². The third-order valence-electron chi connectivity index (χ3n) is 3.80. The summed E-state index contributed by atoms with van der Waals surface area (Å²) in [5.41, 5.74) is 0. The van der Waals surface area contributed by atoms with E-state index in [9.17, 15) is 18.3 Å². The summed E-state index contributed by atoms with van der Waals surface area (Å²) in [5.74, 6) is -1.14. The number of rotatable bonds is 5. The molecule has 2 rings (SSSR count). The average Bonchev–Trinajstić information content (AvgIpc) is 3.11. The number of hydrogen-bond donors (Lipinski definition) is 2. The van der Waals surface area contributed by atoms with E-state index in [0.717, 1.165) is 12.8 Å². The number of hydrogen-bond acceptors (Lipinski definition) is 3. The molecule has 1 aliphatic carbocycles. The molecule has 2 fully saturated rings. The molecule has 0 bridgehead atoms. The van der Waals surface area contributed by atoms with Gasteiger partial charge >= 0.3 is 6.18 Å². The van der Waals surface area contributed by atoms with Crippen LogP contribution < -0.4 is 5.32 Å². The van der Waals surface area contributed by atoms with E-state index in [1.54, 1.807) is 0 Å². The Morgan fingerprint density at radius 3 is 2.22 bits per heavy atom. The molecular formula is C12H21F3N2O. The van der Waals surface area contributed by atoms with Crippen molar-refractivity contribution in [1.82, 2.24) is 10.2 Å². The predicted molar refractivity (Wildman–Crippen MR) is 62.3 cm³/mol. The normalized spacial score (nSPS) is 25.3. The molecule has 3 nitrogen and oxygen atoms in total. The standard InChI is InChI=1S/C12H21F3N2O/c13-12(14,15)9-3-5-17(6-4-9)7-11(8-18)16-10-1-2-10/h9-11,16,18H,1-8H2. The van der Waals surface area contributed by atoms with Gasteiger partial charge in [0.05, 0.1) is 12.5 Å². The first-order valence-electron chi connectivity index (χ1n) is 6.65. The Balaban J connectivity index is 1.71. The van der Waals surface area contributed by atoms with Gasteiger partial charge in [0.2, 0.25) is 0 Å². The highest BCUT2D eigenvalue weighted by Crippen LogP contribution is 2.34. The van der Waals surface area contributed by atoms with Gasteiger partial charge in [0, 0.05) is 18.6 Å². The van der Waals surface area contributed by atoms with E-state index in [1.165, 1.54) is 0 Å². The lowest BCUT2D eigenvalue weighted by molar-refractivity contribution is -0.185. The molecule has 106 valence electrons. The molecule has 2 aliphatic rings. The van der Waals surface area contributed by atoms with Crippen molar-refractivity contribution >= 4 is 0 Å². The van der Waals surface area contributed by atoms with Crippen molar-refractivity contribution in [2.45, 2.75) is 43.9 Å². The van der Waals surface area contributed by atoms with Gasteiger partial charge in [-0.3, -0.25) is 0 Å². The van der Waals surface area contributed by atoms with Crippen molar-refractivity contribution in [2.75, 3.05) is 26.2 Å². The molecule has 1 heterocycles. The summed E-state index contributed by atoms with van der Waals surface area (Å²) in [4.78, 5) is 2.03. The van der Waals surface area contributed by atoms with Crippen LogP contribution in [0.4, 0.5) is 13.2 Å². The lowest BCUT2D eigenvalue weighted by atomic mass is 9.96. The summed E-state index contributed by atoms with van der Waals surface area (Å²) in [6.07, 6.45) is -1.38. The highest BCUT2D eigenvalue weighted by Gasteiger charge is 2.41. The molecule has 2 N–H and O–H groups in total. The van der Waals surface area contributed by atoms with Crippen LogP contribution in [-0.4, -0.2) is 54.5 Å². The third kappa shape index (κ3) is 4.10. The minimum atomic E-state index is -4.05. The fraction of sp³-hybridized carbons (Fsp3) is 1.00. The average molecular weight is 266 g/mol. The van der Waals surface area contributed by atoms with Gasteiger partial charge in [-0.1, -0.05) is 0 Å². The lowest BCUT2D eigenvalue weighted by Gasteiger charge is -2.34. The van der Waals surface area contributed by atoms with E-state index in [4.69, 9.17) is 0 Å². The van der Waals surface area contributed by atoms with Crippen LogP contribution in [0.15, 0.2) is 0 Å². The number of nitrogens with zero attached hydrogens (tertiary/aromatic N) is 1. The van der Waals surface area contributed by atoms with E-state index in [1.807, 2.05) is 4.90 Å². The topological polar surface area (TPSA) is 35.5 Å². The van der Waals surface area contributed by atoms with E-state index >= 15 is 0 Å². The quantitative estimate of drug-likeness (QED) is 0.789. The Kier molecular flexibility index (Phi) is 4.50. The van der Waals surface area contributed by atoms with Gasteiger partial charge in [0.15, 0.2) is 0 Å². The van der Waals surface area contributed by atoms with Crippen molar-refractivity contribution in [1.29, 1.82) is 0 Å². The maximum atomic E-state index is 12.5. The van der Waals surface area contributed by atoms with Crippen LogP contribution in [0.5, 0.6) is 0 Å². The fourth-order valence-corrected chi connectivity index (χ4v) is 2.50. The number of aliphatic hydroxyl groups excluding tert-OH is 1. The number of aliphatic hydroxyl groups is 1. The van der Waals surface area contributed by atoms with Crippen molar-refractivity contribution in [3.8, 4) is 0 Å². The molecule has 1 unspecified atom stereocenters. The monoisotopic (exact) mass is 266 g/mol. The molecule has 1 aliphatic heterocycles. The molecular weight excluding hydrogens is 245 g/mol. The molecule has 0 aromatic heterocycles. The first-order valence-corrected chi connectivity index (χ1v) is 6.65. The van der Waals surface area contributed by atoms with E-state index < -0.39 is 12.1 Å². The largest absolute Gasteiger partial charge is 0.395 e. The summed E-state index contributed by atoms with van der Waals surface area (Å²) >= 11 is 0. The number of likely N-dealkylation sites (tertiary alicyclic amines) is 1. The van der Waals surface area contributed by atoms with E-state index in [0.29, 0.717) is 25.7 Å². The number of alkyl halides is 3. The van der Waals surface area contributed by atoms with Gasteiger partial charge in [0.1, 0.15) is 0 Å². The Labute approximate surface area is 105 Å². The zero-order valence-electron chi connectivity index (χ0n) is 10.4. The predicted octanol–water partition coefficient (Wildman–Crippen LogP) is 1.37. The van der Waals surface area contributed by atoms with Crippen molar-refractivity contribution in [3.05, 3.63) is 0 Å². The Hall–Kier alpha value is -0.330. The molecule has 0 amide bonds. The zero-order chi connectivity index (χ0) is 13.2. The van der Waals surface area contributed by atoms with Crippen molar-refractivity contribution in [2.24, 2.45) is 5.92 Å². The molecule has 0 aromatic rings. The number of piperidine rings is 1. The molecule has 0 radical (unpaired) electrons. The second kappa shape index (κ2) is 5.75. The van der Waals surface area contributed by atoms with Crippen LogP contribution in [0.2, 0.25) is 0 Å². The molecule has 18 heavy (non-hydrogen) atoms. The minimum absolute atomic E-state index is 0.0000586. The molecule has 0 aromatic carbocycles. The first-order chi connectivity index (χ1) is 8.49. The van der Waals surface area contributed by atoms with Gasteiger partial charge in [0.25, 0.3) is 0 Å². The summed E-state index contributed by atoms with van der Waals surface area (Å²) in [5, 5.41) is 12.6. The third-order valence-corrected chi connectivity index (χ3v) is 3.80. The van der Waals surface area contributed by atoms with Crippen molar-refractivity contribution < 1.29 is 18.3 Å². The van der Waals surface area contributed by atoms with Crippen LogP contribution in [0.25, 0.3) is 0 Å². The number of halogens is 3. The van der Waals surface area contributed by atoms with Crippen LogP contribution >= 0.6 is 0 Å². The fourth-order valence-electron chi connectivity index (χ4n) is 2.50. The Morgan fingerprint density at radius 2 is 1.78 bits per heavy atom. The molecule has 0 spiro atoms. The lowest BCUT2D eigenvalue weighted by Crippen LogP contribution is -2.48. The zero-order valence-corrected chi connectivity index (χ0v) is 10.4. The molecule has 1 saturated heterocycles. The summed E-state index contributed by atoms with van der Waals surface area (Å²) in [6, 6.07) is 0.509. The van der Waals surface area contributed by atoms with Crippen LogP contribution in [-0.2, 0) is 0 Å². The van der Waals surface area contributed by atoms with Gasteiger partial charge in [-0.2, -0.15) is 13.2 Å². The van der Waals surface area contributed by atoms with Crippen LogP contribution in [0.1, 0.15) is 25.7 Å². The smallest absolute Gasteiger partial charge is 0.391 e. The van der Waals surface area contributed by atoms with Gasteiger partial charge < -0.3 is 15.3 Å². The first kappa shape index (κ1) is 14.1. The maximum Gasteiger partial charge on any atom is 0.391 e. The summed E-state index contributed by atoms with van der Waals surface area (Å²) in [7, 11) is 0. The second-order valence-electron chi connectivity index (χ2n) is 5.44. The highest BCUT2D eigenvalue weighted by atomic mass is 19.4. The highest BCUT2D eigenvalue weighted by molar-refractivity contribution is 4.87. The number of nitrogens with one attached hydrogen (secondary N) is 1. The minimum Gasteiger partial charge on any atom is -0.395 e. The molecule has 1 saturated carbocycles. The van der Waals surface area contributed by atoms with Crippen LogP contribution in [0.3, 0.4) is 0 Å². The van der Waals surface area contributed by atoms with Crippen molar-refractivity contribution in [3.63, 3.8) is 0 Å². The summed E-state index contributed by atoms with van der Waals surface area (Å²) in [6.45, 7) is 1.66. The Morgan fingerprint density at radius 1 is 1.17 bits per heavy atom. The van der Waals surface area contributed by atoms with Gasteiger partial charge in [-0.25, -0.2) is 0 Å². The SMILES string of the molecule is OCC(CN1CCC(C(F)(F)F)CC1)NC1CC1. The maximum absolute atomic E-state index is 12.5. The molecule has 1 atom stereocenters.